The Labute approximate surface area is 246 Å². The summed E-state index contributed by atoms with van der Waals surface area (Å²) in [5, 5.41) is 19.4. The van der Waals surface area contributed by atoms with Gasteiger partial charge >= 0.3 is 5.97 Å². The number of pyridine rings is 4. The lowest BCUT2D eigenvalue weighted by molar-refractivity contribution is 0.0690. The molecule has 6 aromatic heterocycles. The number of carbonyl (C=O) groups is 2. The summed E-state index contributed by atoms with van der Waals surface area (Å²) in [4.78, 5) is 37.6. The van der Waals surface area contributed by atoms with Crippen LogP contribution in [0.5, 0.6) is 0 Å². The number of aromatic carboxylic acids is 1. The fraction of sp³-hybridized carbons (Fsp3) is 0.0667. The molecule has 0 aliphatic rings. The Bertz CT molecular complexity index is 1690. The van der Waals surface area contributed by atoms with E-state index >= 15 is 0 Å². The Balaban J connectivity index is 0.000000163. The van der Waals surface area contributed by atoms with E-state index in [1.807, 2.05) is 36.7 Å². The average molecular weight is 577 g/mol. The molecule has 6 heterocycles. The van der Waals surface area contributed by atoms with Gasteiger partial charge in [-0.15, -0.1) is 0 Å². The smallest absolute Gasteiger partial charge is 0.354 e. The zero-order chi connectivity index (χ0) is 30.3. The van der Waals surface area contributed by atoms with Gasteiger partial charge in [-0.1, -0.05) is 12.1 Å². The highest BCUT2D eigenvalue weighted by Gasteiger charge is 2.08. The SMILES string of the molecule is Nc1ccn(Cc2ccncc2)n1.O=C(Nc1ccn(Cc2ccncc2)n1)c1ccccn1.O=C(O)c1ccccn1. The van der Waals surface area contributed by atoms with Crippen molar-refractivity contribution in [2.45, 2.75) is 13.1 Å². The monoisotopic (exact) mass is 576 g/mol. The molecule has 0 aromatic carbocycles. The quantitative estimate of drug-likeness (QED) is 0.254. The molecule has 0 saturated carbocycles. The van der Waals surface area contributed by atoms with Crippen LogP contribution in [-0.4, -0.2) is 56.5 Å². The zero-order valence-electron chi connectivity index (χ0n) is 22.9. The first-order valence-corrected chi connectivity index (χ1v) is 12.9. The highest BCUT2D eigenvalue weighted by molar-refractivity contribution is 6.02. The molecule has 0 spiro atoms. The molecule has 0 atom stereocenters. The molecule has 13 heteroatoms. The van der Waals surface area contributed by atoms with Crippen LogP contribution in [0.2, 0.25) is 0 Å². The Kier molecular flexibility index (Phi) is 10.7. The van der Waals surface area contributed by atoms with Crippen LogP contribution < -0.4 is 11.1 Å². The summed E-state index contributed by atoms with van der Waals surface area (Å²) in [6.07, 6.45) is 13.7. The van der Waals surface area contributed by atoms with E-state index in [1.54, 1.807) is 82.8 Å². The van der Waals surface area contributed by atoms with Crippen LogP contribution in [0, 0.1) is 0 Å². The van der Waals surface area contributed by atoms with Crippen molar-refractivity contribution in [1.29, 1.82) is 0 Å². The third-order valence-electron chi connectivity index (χ3n) is 5.51. The lowest BCUT2D eigenvalue weighted by atomic mass is 10.3. The number of carboxylic acids is 1. The molecular formula is C30H28N10O3. The number of rotatable bonds is 7. The highest BCUT2D eigenvalue weighted by atomic mass is 16.4. The Morgan fingerprint density at radius 1 is 0.674 bits per heavy atom. The Morgan fingerprint density at radius 3 is 1.67 bits per heavy atom. The summed E-state index contributed by atoms with van der Waals surface area (Å²) in [6, 6.07) is 21.2. The van der Waals surface area contributed by atoms with Gasteiger partial charge < -0.3 is 16.2 Å². The van der Waals surface area contributed by atoms with E-state index in [9.17, 15) is 9.59 Å². The number of nitrogen functional groups attached to an aromatic ring is 1. The lowest BCUT2D eigenvalue weighted by Crippen LogP contribution is -2.14. The number of aromatic nitrogens is 8. The largest absolute Gasteiger partial charge is 0.477 e. The normalized spacial score (nSPS) is 9.95. The number of nitrogens with two attached hydrogens (primary N) is 1. The van der Waals surface area contributed by atoms with Crippen LogP contribution in [0.4, 0.5) is 11.6 Å². The van der Waals surface area contributed by atoms with Gasteiger partial charge in [0.05, 0.1) is 13.1 Å². The molecule has 0 fully saturated rings. The summed E-state index contributed by atoms with van der Waals surface area (Å²) in [6.45, 7) is 1.36. The topological polar surface area (TPSA) is 180 Å². The fourth-order valence-corrected chi connectivity index (χ4v) is 3.50. The molecule has 0 aliphatic heterocycles. The molecule has 0 unspecified atom stereocenters. The molecule has 0 bridgehead atoms. The summed E-state index contributed by atoms with van der Waals surface area (Å²) in [7, 11) is 0. The molecule has 13 nitrogen and oxygen atoms in total. The van der Waals surface area contributed by atoms with Gasteiger partial charge in [0, 0.05) is 55.6 Å². The fourth-order valence-electron chi connectivity index (χ4n) is 3.50. The predicted molar refractivity (Wildman–Crippen MR) is 159 cm³/mol. The summed E-state index contributed by atoms with van der Waals surface area (Å²) < 4.78 is 3.55. The Hall–Kier alpha value is -6.24. The van der Waals surface area contributed by atoms with E-state index < -0.39 is 5.97 Å². The van der Waals surface area contributed by atoms with Crippen LogP contribution in [0.1, 0.15) is 32.1 Å². The van der Waals surface area contributed by atoms with Crippen LogP contribution in [0.3, 0.4) is 0 Å². The molecule has 6 rings (SSSR count). The minimum atomic E-state index is -0.990. The average Bonchev–Trinajstić information content (AvgIpc) is 3.67. The second kappa shape index (κ2) is 15.5. The van der Waals surface area contributed by atoms with E-state index in [4.69, 9.17) is 10.8 Å². The number of nitrogens with one attached hydrogen (secondary N) is 1. The van der Waals surface area contributed by atoms with Crippen molar-refractivity contribution in [1.82, 2.24) is 39.5 Å². The van der Waals surface area contributed by atoms with Gasteiger partial charge in [0.1, 0.15) is 17.2 Å². The van der Waals surface area contributed by atoms with E-state index in [1.165, 1.54) is 12.3 Å². The van der Waals surface area contributed by atoms with Crippen molar-refractivity contribution in [3.63, 3.8) is 0 Å². The zero-order valence-corrected chi connectivity index (χ0v) is 22.9. The molecule has 0 saturated heterocycles. The van der Waals surface area contributed by atoms with Crippen molar-refractivity contribution in [3.05, 3.63) is 145 Å². The number of hydrogen-bond donors (Lipinski definition) is 3. The summed E-state index contributed by atoms with van der Waals surface area (Å²) in [5.41, 5.74) is 8.19. The number of carboxylic acid groups (broad SMARTS) is 1. The molecule has 1 amide bonds. The summed E-state index contributed by atoms with van der Waals surface area (Å²) >= 11 is 0. The van der Waals surface area contributed by atoms with E-state index in [-0.39, 0.29) is 11.6 Å². The molecule has 43 heavy (non-hydrogen) atoms. The van der Waals surface area contributed by atoms with Crippen LogP contribution in [-0.2, 0) is 13.1 Å². The first-order valence-electron chi connectivity index (χ1n) is 12.9. The number of amides is 1. The van der Waals surface area contributed by atoms with Gasteiger partial charge in [-0.3, -0.25) is 29.1 Å². The van der Waals surface area contributed by atoms with Crippen LogP contribution in [0.15, 0.2) is 122 Å². The maximum absolute atomic E-state index is 12.0. The van der Waals surface area contributed by atoms with Gasteiger partial charge in [0.25, 0.3) is 5.91 Å². The summed E-state index contributed by atoms with van der Waals surface area (Å²) in [5.74, 6) is -0.214. The second-order valence-corrected chi connectivity index (χ2v) is 8.74. The Morgan fingerprint density at radius 2 is 1.21 bits per heavy atom. The third kappa shape index (κ3) is 10.0. The maximum Gasteiger partial charge on any atom is 0.354 e. The standard InChI is InChI=1S/C15H13N5O.C9H10N4.C6H5NO2/c21-15(13-3-1-2-7-17-13)18-14-6-10-20(19-14)11-12-4-8-16-9-5-12;10-9-3-6-13(12-9)7-8-1-4-11-5-2-8;8-6(9)5-3-1-2-4-7-5/h1-10H,11H2,(H,18,19,21);1-6H,7H2,(H2,10,12);1-4H,(H,8,9). The minimum absolute atomic E-state index is 0.0810. The number of anilines is 2. The van der Waals surface area contributed by atoms with Gasteiger partial charge in [-0.2, -0.15) is 10.2 Å². The molecule has 216 valence electrons. The van der Waals surface area contributed by atoms with Gasteiger partial charge in [-0.05, 0) is 65.7 Å². The second-order valence-electron chi connectivity index (χ2n) is 8.74. The van der Waals surface area contributed by atoms with Crippen LogP contribution in [0.25, 0.3) is 0 Å². The molecule has 0 radical (unpaired) electrons. The van der Waals surface area contributed by atoms with Crippen LogP contribution >= 0.6 is 0 Å². The molecule has 4 N–H and O–H groups in total. The minimum Gasteiger partial charge on any atom is -0.477 e. The first-order chi connectivity index (χ1) is 21.0. The van der Waals surface area contributed by atoms with Gasteiger partial charge in [0.2, 0.25) is 0 Å². The molecular weight excluding hydrogens is 548 g/mol. The third-order valence-corrected chi connectivity index (χ3v) is 5.51. The maximum atomic E-state index is 12.0. The van der Waals surface area contributed by atoms with Crippen molar-refractivity contribution >= 4 is 23.5 Å². The number of nitrogens with zero attached hydrogens (tertiary/aromatic N) is 8. The van der Waals surface area contributed by atoms with E-state index in [2.05, 4.69) is 35.5 Å². The predicted octanol–water partition coefficient (Wildman–Crippen LogP) is 3.66. The number of hydrogen-bond acceptors (Lipinski definition) is 9. The van der Waals surface area contributed by atoms with Crippen molar-refractivity contribution in [2.24, 2.45) is 0 Å². The number of carbonyl (C=O) groups excluding carboxylic acids is 1. The van der Waals surface area contributed by atoms with Crippen molar-refractivity contribution in [2.75, 3.05) is 11.1 Å². The molecule has 6 aromatic rings. The lowest BCUT2D eigenvalue weighted by Gasteiger charge is -2.02. The van der Waals surface area contributed by atoms with Crippen molar-refractivity contribution < 1.29 is 14.7 Å². The first kappa shape index (κ1) is 29.7. The van der Waals surface area contributed by atoms with Crippen molar-refractivity contribution in [3.8, 4) is 0 Å². The van der Waals surface area contributed by atoms with E-state index in [0.29, 0.717) is 23.9 Å². The van der Waals surface area contributed by atoms with Gasteiger partial charge in [-0.25, -0.2) is 9.78 Å². The highest BCUT2D eigenvalue weighted by Crippen LogP contribution is 2.07. The molecule has 0 aliphatic carbocycles. The van der Waals surface area contributed by atoms with Gasteiger partial charge in [0.15, 0.2) is 5.82 Å². The van der Waals surface area contributed by atoms with E-state index in [0.717, 1.165) is 17.7 Å².